The Hall–Kier alpha value is -0.150. The molecule has 0 aliphatic carbocycles. The molecule has 0 spiro atoms. The van der Waals surface area contributed by atoms with Gasteiger partial charge in [0.05, 0.1) is 19.4 Å². The fraction of sp³-hybridized carbons (Fsp3) is 0.538. The van der Waals surface area contributed by atoms with E-state index < -0.39 is 7.60 Å². The summed E-state index contributed by atoms with van der Waals surface area (Å²) in [6.45, 7) is 6.51. The van der Waals surface area contributed by atoms with Crippen LogP contribution in [-0.4, -0.2) is 19.4 Å². The topological polar surface area (TPSA) is 35.5 Å². The van der Waals surface area contributed by atoms with E-state index in [0.717, 1.165) is 10.0 Å². The van der Waals surface area contributed by atoms with Crippen molar-refractivity contribution in [3.8, 4) is 0 Å². The van der Waals surface area contributed by atoms with Crippen molar-refractivity contribution in [2.24, 2.45) is 0 Å². The molecule has 0 aliphatic heterocycles. The minimum absolute atomic E-state index is 0.141. The van der Waals surface area contributed by atoms with Crippen LogP contribution >= 0.6 is 23.5 Å². The lowest BCUT2D eigenvalue weighted by atomic mass is 10.0. The molecule has 18 heavy (non-hydrogen) atoms. The van der Waals surface area contributed by atoms with Gasteiger partial charge in [0.25, 0.3) is 0 Å². The van der Waals surface area contributed by atoms with E-state index in [1.54, 1.807) is 0 Å². The Morgan fingerprint density at radius 2 is 1.67 bits per heavy atom. The first kappa shape index (κ1) is 15.9. The molecule has 0 heterocycles. The molecule has 102 valence electrons. The van der Waals surface area contributed by atoms with Crippen LogP contribution in [0.1, 0.15) is 32.3 Å². The second-order valence-corrected chi connectivity index (χ2v) is 7.10. The number of hydrogen-bond donors (Lipinski definition) is 0. The smallest absolute Gasteiger partial charge is 0.309 e. The van der Waals surface area contributed by atoms with Gasteiger partial charge in [-0.3, -0.25) is 4.57 Å². The van der Waals surface area contributed by atoms with E-state index in [0.29, 0.717) is 19.4 Å². The van der Waals surface area contributed by atoms with E-state index in [4.69, 9.17) is 9.05 Å². The molecule has 0 N–H and O–H groups in total. The molecule has 1 aromatic carbocycles. The summed E-state index contributed by atoms with van der Waals surface area (Å²) in [5, 5.41) is 0. The van der Waals surface area contributed by atoms with Crippen LogP contribution in [0.5, 0.6) is 0 Å². The Balaban J connectivity index is 2.74. The summed E-state index contributed by atoms with van der Waals surface area (Å²) in [5.41, 5.74) is 1.14. The highest BCUT2D eigenvalue weighted by molar-refractivity contribution is 9.10. The molecule has 0 fully saturated rings. The molecule has 0 aromatic heterocycles. The van der Waals surface area contributed by atoms with Crippen molar-refractivity contribution in [1.82, 2.24) is 0 Å². The van der Waals surface area contributed by atoms with Crippen LogP contribution in [0.25, 0.3) is 0 Å². The number of hydrogen-bond acceptors (Lipinski definition) is 3. The van der Waals surface area contributed by atoms with Crippen LogP contribution in [0.2, 0.25) is 0 Å². The van der Waals surface area contributed by atoms with E-state index in [1.807, 2.05) is 45.0 Å². The third-order valence-corrected chi connectivity index (χ3v) is 5.41. The fourth-order valence-corrected chi connectivity index (χ4v) is 3.99. The quantitative estimate of drug-likeness (QED) is 0.670. The first-order chi connectivity index (χ1) is 8.50. The van der Waals surface area contributed by atoms with E-state index in [9.17, 15) is 4.57 Å². The van der Waals surface area contributed by atoms with E-state index in [-0.39, 0.29) is 5.92 Å². The van der Waals surface area contributed by atoms with Gasteiger partial charge in [0.2, 0.25) is 0 Å². The summed E-state index contributed by atoms with van der Waals surface area (Å²) in [4.78, 5) is 0. The highest BCUT2D eigenvalue weighted by Gasteiger charge is 2.27. The van der Waals surface area contributed by atoms with Crippen molar-refractivity contribution in [1.29, 1.82) is 0 Å². The summed E-state index contributed by atoms with van der Waals surface area (Å²) in [5.74, 6) is 0.141. The predicted molar refractivity (Wildman–Crippen MR) is 78.3 cm³/mol. The first-order valence-electron chi connectivity index (χ1n) is 6.14. The van der Waals surface area contributed by atoms with Gasteiger partial charge in [-0.2, -0.15) is 0 Å². The van der Waals surface area contributed by atoms with Crippen molar-refractivity contribution in [3.05, 3.63) is 34.3 Å². The third-order valence-electron chi connectivity index (χ3n) is 2.59. The van der Waals surface area contributed by atoms with Crippen molar-refractivity contribution in [2.75, 3.05) is 19.4 Å². The predicted octanol–water partition coefficient (Wildman–Crippen LogP) is 4.82. The molecule has 0 unspecified atom stereocenters. The summed E-state index contributed by atoms with van der Waals surface area (Å²) in [6.07, 6.45) is 0.413. The Kier molecular flexibility index (Phi) is 6.58. The summed E-state index contributed by atoms with van der Waals surface area (Å²) >= 11 is 3.40. The van der Waals surface area contributed by atoms with E-state index in [1.165, 1.54) is 0 Å². The molecule has 1 rings (SSSR count). The molecule has 0 bridgehead atoms. The highest BCUT2D eigenvalue weighted by atomic mass is 79.9. The zero-order valence-corrected chi connectivity index (χ0v) is 13.5. The normalized spacial score (nSPS) is 13.6. The van der Waals surface area contributed by atoms with Crippen molar-refractivity contribution < 1.29 is 13.6 Å². The lowest BCUT2D eigenvalue weighted by Crippen LogP contribution is -2.06. The standard InChI is InChI=1S/C13H20BrO3P/c1-4-16-18(15,17-5-2)10-11(3)12-6-8-13(14)9-7-12/h6-9,11H,4-5,10H2,1-3H3/t11-/m0/s1. The van der Waals surface area contributed by atoms with Gasteiger partial charge in [0, 0.05) is 4.47 Å². The molecule has 0 saturated heterocycles. The van der Waals surface area contributed by atoms with Crippen LogP contribution in [0.3, 0.4) is 0 Å². The van der Waals surface area contributed by atoms with Crippen LogP contribution in [-0.2, 0) is 13.6 Å². The van der Waals surface area contributed by atoms with Gasteiger partial charge in [-0.05, 0) is 37.5 Å². The molecule has 0 saturated carbocycles. The maximum absolute atomic E-state index is 12.4. The molecule has 1 atom stereocenters. The zero-order valence-electron chi connectivity index (χ0n) is 11.1. The van der Waals surface area contributed by atoms with E-state index in [2.05, 4.69) is 15.9 Å². The number of benzene rings is 1. The number of rotatable bonds is 7. The molecule has 0 amide bonds. The summed E-state index contributed by atoms with van der Waals surface area (Å²) < 4.78 is 24.1. The Morgan fingerprint density at radius 3 is 2.11 bits per heavy atom. The van der Waals surface area contributed by atoms with Gasteiger partial charge < -0.3 is 9.05 Å². The van der Waals surface area contributed by atoms with Crippen LogP contribution in [0, 0.1) is 0 Å². The molecule has 5 heteroatoms. The Morgan fingerprint density at radius 1 is 1.17 bits per heavy atom. The van der Waals surface area contributed by atoms with Gasteiger partial charge in [-0.15, -0.1) is 0 Å². The highest BCUT2D eigenvalue weighted by Crippen LogP contribution is 2.51. The molecule has 0 radical (unpaired) electrons. The zero-order chi connectivity index (χ0) is 13.6. The van der Waals surface area contributed by atoms with Crippen LogP contribution in [0.15, 0.2) is 28.7 Å². The van der Waals surface area contributed by atoms with Crippen molar-refractivity contribution in [3.63, 3.8) is 0 Å². The van der Waals surface area contributed by atoms with Gasteiger partial charge in [0.1, 0.15) is 0 Å². The molecule has 3 nitrogen and oxygen atoms in total. The molecular formula is C13H20BrO3P. The van der Waals surface area contributed by atoms with Crippen LogP contribution in [0.4, 0.5) is 0 Å². The lowest BCUT2D eigenvalue weighted by Gasteiger charge is -2.21. The third kappa shape index (κ3) is 4.85. The Bertz CT molecular complexity index is 395. The van der Waals surface area contributed by atoms with Gasteiger partial charge in [0.15, 0.2) is 0 Å². The van der Waals surface area contributed by atoms with E-state index >= 15 is 0 Å². The number of halogens is 1. The summed E-state index contributed by atoms with van der Waals surface area (Å²) in [7, 11) is -2.96. The maximum atomic E-state index is 12.4. The minimum atomic E-state index is -2.96. The van der Waals surface area contributed by atoms with Crippen LogP contribution < -0.4 is 0 Å². The second-order valence-electron chi connectivity index (χ2n) is 4.08. The summed E-state index contributed by atoms with van der Waals surface area (Å²) in [6, 6.07) is 8.02. The van der Waals surface area contributed by atoms with Gasteiger partial charge in [-0.25, -0.2) is 0 Å². The lowest BCUT2D eigenvalue weighted by molar-refractivity contribution is 0.219. The second kappa shape index (κ2) is 7.44. The average molecular weight is 335 g/mol. The Labute approximate surface area is 118 Å². The molecule has 1 aromatic rings. The molecule has 0 aliphatic rings. The monoisotopic (exact) mass is 334 g/mol. The largest absolute Gasteiger partial charge is 0.331 e. The SMILES string of the molecule is CCOP(=O)(C[C@H](C)c1ccc(Br)cc1)OCC. The van der Waals surface area contributed by atoms with Gasteiger partial charge >= 0.3 is 7.60 Å². The maximum Gasteiger partial charge on any atom is 0.331 e. The van der Waals surface area contributed by atoms with Gasteiger partial charge in [-0.1, -0.05) is 35.0 Å². The van der Waals surface area contributed by atoms with Crippen molar-refractivity contribution in [2.45, 2.75) is 26.7 Å². The minimum Gasteiger partial charge on any atom is -0.309 e. The fourth-order valence-electron chi connectivity index (χ4n) is 1.77. The molecular weight excluding hydrogens is 315 g/mol. The first-order valence-corrected chi connectivity index (χ1v) is 8.66. The average Bonchev–Trinajstić information content (AvgIpc) is 2.30. The van der Waals surface area contributed by atoms with Crippen molar-refractivity contribution >= 4 is 23.5 Å².